The van der Waals surface area contributed by atoms with Crippen LogP contribution in [0.15, 0.2) is 24.3 Å². The zero-order valence-electron chi connectivity index (χ0n) is 12.6. The number of ether oxygens (including phenoxy) is 1. The molecule has 5 nitrogen and oxygen atoms in total. The van der Waals surface area contributed by atoms with Crippen molar-refractivity contribution < 1.29 is 19.1 Å². The molecular formula is C16H19FN2O3S. The smallest absolute Gasteiger partial charge is 0.338 e. The van der Waals surface area contributed by atoms with E-state index in [1.807, 2.05) is 0 Å². The maximum Gasteiger partial charge on any atom is 0.338 e. The van der Waals surface area contributed by atoms with Crippen molar-refractivity contribution in [3.8, 4) is 17.6 Å². The van der Waals surface area contributed by atoms with Gasteiger partial charge in [-0.15, -0.1) is 17.7 Å². The van der Waals surface area contributed by atoms with Gasteiger partial charge in [-0.1, -0.05) is 5.92 Å². The lowest BCUT2D eigenvalue weighted by Gasteiger charge is -2.11. The number of hydroxylamine groups is 2. The van der Waals surface area contributed by atoms with Crippen LogP contribution in [0.3, 0.4) is 0 Å². The van der Waals surface area contributed by atoms with Crippen molar-refractivity contribution in [3.63, 3.8) is 0 Å². The molecule has 1 aliphatic heterocycles. The van der Waals surface area contributed by atoms with E-state index >= 15 is 0 Å². The van der Waals surface area contributed by atoms with Gasteiger partial charge in [0.15, 0.2) is 0 Å². The molecule has 2 amide bonds. The highest BCUT2D eigenvalue weighted by Crippen LogP contribution is 2.33. The number of carbonyl (C=O) groups excluding carboxylic acids is 1. The van der Waals surface area contributed by atoms with Crippen LogP contribution in [0, 0.1) is 17.7 Å². The number of benzene rings is 1. The molecule has 1 aromatic rings. The molecule has 0 spiro atoms. The summed E-state index contributed by atoms with van der Waals surface area (Å²) in [6.45, 7) is 0.678. The van der Waals surface area contributed by atoms with Crippen LogP contribution in [0.25, 0.3) is 0 Å². The average molecular weight is 338 g/mol. The van der Waals surface area contributed by atoms with E-state index in [9.17, 15) is 9.18 Å². The Bertz CT molecular complexity index is 585. The first kappa shape index (κ1) is 17.4. The van der Waals surface area contributed by atoms with Crippen molar-refractivity contribution >= 4 is 17.8 Å². The van der Waals surface area contributed by atoms with E-state index < -0.39 is 6.03 Å². The van der Waals surface area contributed by atoms with Crippen LogP contribution in [-0.2, 0) is 0 Å². The SMILES string of the molecule is NC(=O)N(O)CCC#C[C@@H]1CCC(COc2ccc(F)cc2)S1. The zero-order valence-corrected chi connectivity index (χ0v) is 13.4. The Balaban J connectivity index is 1.68. The quantitative estimate of drug-likeness (QED) is 0.492. The van der Waals surface area contributed by atoms with Crippen molar-refractivity contribution in [1.82, 2.24) is 5.06 Å². The summed E-state index contributed by atoms with van der Waals surface area (Å²) >= 11 is 1.76. The minimum Gasteiger partial charge on any atom is -0.492 e. The normalized spacial score (nSPS) is 19.7. The van der Waals surface area contributed by atoms with Crippen LogP contribution < -0.4 is 10.5 Å². The molecule has 1 unspecified atom stereocenters. The average Bonchev–Trinajstić information content (AvgIpc) is 2.98. The van der Waals surface area contributed by atoms with Gasteiger partial charge in [-0.2, -0.15) is 0 Å². The second-order valence-electron chi connectivity index (χ2n) is 5.12. The number of thioether (sulfide) groups is 1. The Kier molecular flexibility index (Phi) is 6.56. The predicted octanol–water partition coefficient (Wildman–Crippen LogP) is 2.63. The number of hydrogen-bond donors (Lipinski definition) is 2. The van der Waals surface area contributed by atoms with Gasteiger partial charge in [-0.05, 0) is 37.1 Å². The van der Waals surface area contributed by atoms with Crippen molar-refractivity contribution in [2.75, 3.05) is 13.2 Å². The Hall–Kier alpha value is -1.91. The number of hydrogen-bond acceptors (Lipinski definition) is 4. The van der Waals surface area contributed by atoms with Gasteiger partial charge in [0.1, 0.15) is 18.2 Å². The molecule has 7 heteroatoms. The van der Waals surface area contributed by atoms with E-state index in [0.29, 0.717) is 29.1 Å². The fraction of sp³-hybridized carbons (Fsp3) is 0.438. The Morgan fingerprint density at radius 1 is 1.43 bits per heavy atom. The monoisotopic (exact) mass is 338 g/mol. The number of amides is 2. The van der Waals surface area contributed by atoms with E-state index in [1.54, 1.807) is 23.9 Å². The van der Waals surface area contributed by atoms with Gasteiger partial charge in [0.05, 0.1) is 11.8 Å². The molecular weight excluding hydrogens is 319 g/mol. The summed E-state index contributed by atoms with van der Waals surface area (Å²) in [6.07, 6.45) is 2.37. The topological polar surface area (TPSA) is 75.8 Å². The van der Waals surface area contributed by atoms with E-state index in [4.69, 9.17) is 15.7 Å². The van der Waals surface area contributed by atoms with Crippen LogP contribution >= 0.6 is 11.8 Å². The summed E-state index contributed by atoms with van der Waals surface area (Å²) in [5.41, 5.74) is 4.90. The van der Waals surface area contributed by atoms with Gasteiger partial charge < -0.3 is 10.5 Å². The molecule has 1 aromatic carbocycles. The molecule has 0 aromatic heterocycles. The predicted molar refractivity (Wildman–Crippen MR) is 86.8 cm³/mol. The van der Waals surface area contributed by atoms with Crippen LogP contribution in [0.4, 0.5) is 9.18 Å². The molecule has 1 saturated heterocycles. The first-order valence-electron chi connectivity index (χ1n) is 7.32. The third kappa shape index (κ3) is 6.00. The molecule has 0 bridgehead atoms. The Morgan fingerprint density at radius 2 is 2.17 bits per heavy atom. The molecule has 2 atom stereocenters. The molecule has 1 heterocycles. The maximum atomic E-state index is 12.8. The highest BCUT2D eigenvalue weighted by Gasteiger charge is 2.24. The molecule has 1 fully saturated rings. The highest BCUT2D eigenvalue weighted by molar-refractivity contribution is 8.01. The van der Waals surface area contributed by atoms with Crippen LogP contribution in [-0.4, -0.2) is 40.0 Å². The van der Waals surface area contributed by atoms with E-state index in [2.05, 4.69) is 11.8 Å². The molecule has 1 aliphatic rings. The van der Waals surface area contributed by atoms with E-state index in [1.165, 1.54) is 12.1 Å². The lowest BCUT2D eigenvalue weighted by atomic mass is 10.2. The van der Waals surface area contributed by atoms with Gasteiger partial charge in [-0.3, -0.25) is 5.21 Å². The summed E-state index contributed by atoms with van der Waals surface area (Å²) in [5, 5.41) is 10.2. The third-order valence-corrected chi connectivity index (χ3v) is 4.76. The summed E-state index contributed by atoms with van der Waals surface area (Å²) in [7, 11) is 0. The highest BCUT2D eigenvalue weighted by atomic mass is 32.2. The fourth-order valence-electron chi connectivity index (χ4n) is 2.11. The molecule has 124 valence electrons. The molecule has 3 N–H and O–H groups in total. The van der Waals surface area contributed by atoms with Crippen molar-refractivity contribution in [1.29, 1.82) is 0 Å². The van der Waals surface area contributed by atoms with Gasteiger partial charge in [0, 0.05) is 11.7 Å². The fourth-order valence-corrected chi connectivity index (χ4v) is 3.42. The maximum absolute atomic E-state index is 12.8. The van der Waals surface area contributed by atoms with Crippen molar-refractivity contribution in [2.45, 2.75) is 29.8 Å². The van der Waals surface area contributed by atoms with Gasteiger partial charge in [0.2, 0.25) is 0 Å². The van der Waals surface area contributed by atoms with E-state index in [0.717, 1.165) is 12.8 Å². The standard InChI is InChI=1S/C16H19FN2O3S/c17-12-4-6-13(7-5-12)22-11-15-9-8-14(23-15)3-1-2-10-19(21)16(18)20/h4-7,14-15,21H,2,8-11H2,(H2,18,20)/t14-,15?/m1/s1. The molecule has 23 heavy (non-hydrogen) atoms. The van der Waals surface area contributed by atoms with Crippen LogP contribution in [0.5, 0.6) is 5.75 Å². The number of nitrogens with zero attached hydrogens (tertiary/aromatic N) is 1. The number of urea groups is 1. The Morgan fingerprint density at radius 3 is 2.87 bits per heavy atom. The summed E-state index contributed by atoms with van der Waals surface area (Å²) in [4.78, 5) is 10.6. The summed E-state index contributed by atoms with van der Waals surface area (Å²) in [5.74, 6) is 6.47. The van der Waals surface area contributed by atoms with Crippen LogP contribution in [0.1, 0.15) is 19.3 Å². The van der Waals surface area contributed by atoms with Gasteiger partial charge >= 0.3 is 6.03 Å². The third-order valence-electron chi connectivity index (χ3n) is 3.32. The number of primary amides is 1. The number of rotatable bonds is 5. The van der Waals surface area contributed by atoms with E-state index in [-0.39, 0.29) is 17.6 Å². The second-order valence-corrected chi connectivity index (χ2v) is 6.63. The minimum atomic E-state index is -0.875. The zero-order chi connectivity index (χ0) is 16.7. The first-order chi connectivity index (χ1) is 11.0. The van der Waals surface area contributed by atoms with Crippen molar-refractivity contribution in [2.24, 2.45) is 5.73 Å². The van der Waals surface area contributed by atoms with Crippen LogP contribution in [0.2, 0.25) is 0 Å². The molecule has 0 aliphatic carbocycles. The molecule has 0 saturated carbocycles. The molecule has 0 radical (unpaired) electrons. The number of halogens is 1. The largest absolute Gasteiger partial charge is 0.492 e. The summed E-state index contributed by atoms with van der Waals surface area (Å²) in [6, 6.07) is 5.11. The lowest BCUT2D eigenvalue weighted by Crippen LogP contribution is -2.33. The second kappa shape index (κ2) is 8.65. The number of nitrogens with two attached hydrogens (primary N) is 1. The van der Waals surface area contributed by atoms with Gasteiger partial charge in [0.25, 0.3) is 0 Å². The lowest BCUT2D eigenvalue weighted by molar-refractivity contribution is -0.0372. The summed E-state index contributed by atoms with van der Waals surface area (Å²) < 4.78 is 18.5. The molecule has 2 rings (SSSR count). The van der Waals surface area contributed by atoms with Gasteiger partial charge in [-0.25, -0.2) is 14.2 Å². The Labute approximate surface area is 138 Å². The minimum absolute atomic E-state index is 0.108. The number of carbonyl (C=O) groups is 1. The van der Waals surface area contributed by atoms with Crippen molar-refractivity contribution in [3.05, 3.63) is 30.1 Å². The first-order valence-corrected chi connectivity index (χ1v) is 8.27.